The first-order valence-corrected chi connectivity index (χ1v) is 4.61. The third-order valence-electron chi connectivity index (χ3n) is 2.85. The molecule has 3 rings (SSSR count). The van der Waals surface area contributed by atoms with Gasteiger partial charge in [0.05, 0.1) is 0 Å². The van der Waals surface area contributed by atoms with Crippen molar-refractivity contribution in [3.05, 3.63) is 46.9 Å². The van der Waals surface area contributed by atoms with Gasteiger partial charge in [-0.1, -0.05) is 24.3 Å². The number of fused-ring (bicyclic) bond motifs is 2. The van der Waals surface area contributed by atoms with Crippen molar-refractivity contribution in [1.82, 2.24) is 0 Å². The van der Waals surface area contributed by atoms with E-state index in [1.807, 2.05) is 0 Å². The van der Waals surface area contributed by atoms with E-state index in [2.05, 4.69) is 30.7 Å². The third kappa shape index (κ3) is 1.39. The van der Waals surface area contributed by atoms with Crippen LogP contribution in [-0.4, -0.2) is 18.9 Å². The molecular formula is C12H12Li. The van der Waals surface area contributed by atoms with Crippen molar-refractivity contribution in [3.8, 4) is 0 Å². The molecule has 1 heteroatoms. The quantitative estimate of drug-likeness (QED) is 0.514. The van der Waals surface area contributed by atoms with Gasteiger partial charge in [0.15, 0.2) is 0 Å². The van der Waals surface area contributed by atoms with Gasteiger partial charge in [-0.3, -0.25) is 0 Å². The van der Waals surface area contributed by atoms with Gasteiger partial charge in [-0.25, -0.2) is 0 Å². The summed E-state index contributed by atoms with van der Waals surface area (Å²) in [6, 6.07) is 4.72. The van der Waals surface area contributed by atoms with Gasteiger partial charge in [0.1, 0.15) is 0 Å². The van der Waals surface area contributed by atoms with Crippen LogP contribution < -0.4 is 0 Å². The molecule has 0 N–H and O–H groups in total. The predicted molar refractivity (Wildman–Crippen MR) is 58.1 cm³/mol. The molecule has 1 radical (unpaired) electrons. The topological polar surface area (TPSA) is 0 Å². The first-order valence-electron chi connectivity index (χ1n) is 4.61. The molecule has 0 atom stereocenters. The molecule has 0 aliphatic heterocycles. The third-order valence-corrected chi connectivity index (χ3v) is 2.85. The van der Waals surface area contributed by atoms with Crippen molar-refractivity contribution >= 4 is 24.9 Å². The Labute approximate surface area is 91.2 Å². The molecule has 0 heterocycles. The SMILES string of the molecule is [CH]1C=Cc2cc3c(cc21)CCC3.[LiH]. The van der Waals surface area contributed by atoms with Crippen molar-refractivity contribution in [3.63, 3.8) is 0 Å². The van der Waals surface area contributed by atoms with Gasteiger partial charge in [-0.15, -0.1) is 0 Å². The number of aryl methyl sites for hydroxylation is 2. The van der Waals surface area contributed by atoms with Crippen LogP contribution in [0.5, 0.6) is 0 Å². The second kappa shape index (κ2) is 3.37. The van der Waals surface area contributed by atoms with Gasteiger partial charge < -0.3 is 0 Å². The molecule has 0 nitrogen and oxygen atoms in total. The fourth-order valence-electron chi connectivity index (χ4n) is 2.21. The summed E-state index contributed by atoms with van der Waals surface area (Å²) in [4.78, 5) is 0. The molecule has 61 valence electrons. The van der Waals surface area contributed by atoms with E-state index in [1.54, 1.807) is 11.1 Å². The van der Waals surface area contributed by atoms with E-state index >= 15 is 0 Å². The first kappa shape index (κ1) is 9.13. The van der Waals surface area contributed by atoms with Crippen LogP contribution in [0.15, 0.2) is 18.2 Å². The first-order chi connectivity index (χ1) is 5.93. The number of allylic oxidation sites excluding steroid dienone is 1. The van der Waals surface area contributed by atoms with Crippen LogP contribution >= 0.6 is 0 Å². The number of benzene rings is 1. The van der Waals surface area contributed by atoms with Crippen molar-refractivity contribution in [2.75, 3.05) is 0 Å². The number of hydrogen-bond donors (Lipinski definition) is 0. The molecule has 0 aromatic heterocycles. The molecule has 2 aliphatic rings. The standard InChI is InChI=1S/C12H11.Li.H/c1-3-9-7-11-5-2-6-12(11)8-10(9)4-1;;/h1,3-4,7-8H,2,5-6H2;;. The summed E-state index contributed by atoms with van der Waals surface area (Å²) in [5, 5.41) is 0. The Morgan fingerprint density at radius 1 is 0.923 bits per heavy atom. The van der Waals surface area contributed by atoms with Crippen LogP contribution in [-0.2, 0) is 12.8 Å². The second-order valence-electron chi connectivity index (χ2n) is 3.63. The Kier molecular flexibility index (Phi) is 2.36. The molecule has 1 aromatic carbocycles. The summed E-state index contributed by atoms with van der Waals surface area (Å²) >= 11 is 0. The van der Waals surface area contributed by atoms with Gasteiger partial charge >= 0.3 is 18.9 Å². The van der Waals surface area contributed by atoms with E-state index in [-0.39, 0.29) is 18.9 Å². The summed E-state index contributed by atoms with van der Waals surface area (Å²) in [5.74, 6) is 0. The van der Waals surface area contributed by atoms with Gasteiger partial charge in [0.25, 0.3) is 0 Å². The van der Waals surface area contributed by atoms with E-state index in [0.29, 0.717) is 0 Å². The maximum absolute atomic E-state index is 2.36. The van der Waals surface area contributed by atoms with E-state index in [9.17, 15) is 0 Å². The van der Waals surface area contributed by atoms with Crippen molar-refractivity contribution < 1.29 is 0 Å². The summed E-state index contributed by atoms with van der Waals surface area (Å²) in [7, 11) is 0. The van der Waals surface area contributed by atoms with Gasteiger partial charge in [0, 0.05) is 6.42 Å². The van der Waals surface area contributed by atoms with Crippen LogP contribution in [0.3, 0.4) is 0 Å². The Balaban J connectivity index is 0.000000653. The van der Waals surface area contributed by atoms with E-state index in [4.69, 9.17) is 0 Å². The zero-order chi connectivity index (χ0) is 7.97. The molecule has 1 aromatic rings. The molecule has 0 spiro atoms. The normalized spacial score (nSPS) is 16.6. The Morgan fingerprint density at radius 3 is 2.38 bits per heavy atom. The van der Waals surface area contributed by atoms with E-state index in [0.717, 1.165) is 0 Å². The molecule has 0 fully saturated rings. The number of hydrogen-bond acceptors (Lipinski definition) is 0. The molecule has 2 aliphatic carbocycles. The minimum absolute atomic E-state index is 0. The zero-order valence-electron chi connectivity index (χ0n) is 7.01. The van der Waals surface area contributed by atoms with Gasteiger partial charge in [-0.2, -0.15) is 0 Å². The van der Waals surface area contributed by atoms with Crippen molar-refractivity contribution in [2.24, 2.45) is 0 Å². The Morgan fingerprint density at radius 2 is 1.62 bits per heavy atom. The van der Waals surface area contributed by atoms with E-state index < -0.39 is 0 Å². The van der Waals surface area contributed by atoms with Gasteiger partial charge in [0.2, 0.25) is 0 Å². The monoisotopic (exact) mass is 163 g/mol. The second-order valence-corrected chi connectivity index (χ2v) is 3.63. The number of rotatable bonds is 0. The molecular weight excluding hydrogens is 151 g/mol. The molecule has 0 unspecified atom stereocenters. The summed E-state index contributed by atoms with van der Waals surface area (Å²) in [6.45, 7) is 0. The fraction of sp³-hybridized carbons (Fsp3) is 0.250. The molecule has 0 saturated carbocycles. The maximum atomic E-state index is 2.36. The van der Waals surface area contributed by atoms with Crippen LogP contribution in [0.25, 0.3) is 6.08 Å². The zero-order valence-corrected chi connectivity index (χ0v) is 7.01. The van der Waals surface area contributed by atoms with Crippen LogP contribution in [0.4, 0.5) is 0 Å². The van der Waals surface area contributed by atoms with Gasteiger partial charge in [-0.05, 0) is 41.5 Å². The van der Waals surface area contributed by atoms with Crippen LogP contribution in [0.1, 0.15) is 28.7 Å². The fourth-order valence-corrected chi connectivity index (χ4v) is 2.21. The molecule has 0 bridgehead atoms. The molecule has 0 amide bonds. The average molecular weight is 163 g/mol. The summed E-state index contributed by atoms with van der Waals surface area (Å²) in [5.41, 5.74) is 5.98. The van der Waals surface area contributed by atoms with Crippen LogP contribution in [0.2, 0.25) is 0 Å². The Hall–Kier alpha value is -0.443. The van der Waals surface area contributed by atoms with E-state index in [1.165, 1.54) is 30.4 Å². The molecule has 0 saturated heterocycles. The van der Waals surface area contributed by atoms with Crippen molar-refractivity contribution in [2.45, 2.75) is 19.3 Å². The average Bonchev–Trinajstić information content (AvgIpc) is 2.64. The van der Waals surface area contributed by atoms with Crippen molar-refractivity contribution in [1.29, 1.82) is 0 Å². The summed E-state index contributed by atoms with van der Waals surface area (Å²) < 4.78 is 0. The Bertz CT molecular complexity index is 363. The molecule has 13 heavy (non-hydrogen) atoms. The van der Waals surface area contributed by atoms with Crippen LogP contribution in [0, 0.1) is 6.42 Å². The predicted octanol–water partition coefficient (Wildman–Crippen LogP) is 2.11. The summed E-state index contributed by atoms with van der Waals surface area (Å²) in [6.07, 6.45) is 10.5. The minimum atomic E-state index is 0.